The molecule has 11 heteroatoms. The molecule has 0 aliphatic rings. The molecule has 0 amide bonds. The van der Waals surface area contributed by atoms with E-state index in [1.54, 1.807) is 0 Å². The second-order valence-corrected chi connectivity index (χ2v) is 16.6. The number of ether oxygens (including phenoxy) is 2. The number of carbonyl (C=O) groups is 2. The highest BCUT2D eigenvalue weighted by Crippen LogP contribution is 2.43. The van der Waals surface area contributed by atoms with E-state index in [9.17, 15) is 19.0 Å². The minimum atomic E-state index is -4.61. The largest absolute Gasteiger partial charge is 0.480 e. The van der Waals surface area contributed by atoms with Crippen molar-refractivity contribution in [3.63, 3.8) is 0 Å². The van der Waals surface area contributed by atoms with E-state index in [0.717, 1.165) is 57.8 Å². The van der Waals surface area contributed by atoms with Gasteiger partial charge in [-0.15, -0.1) is 0 Å². The number of nitrogens with two attached hydrogens (primary N) is 1. The van der Waals surface area contributed by atoms with Crippen LogP contribution < -0.4 is 5.73 Å². The van der Waals surface area contributed by atoms with Crippen LogP contribution in [0.2, 0.25) is 0 Å². The second kappa shape index (κ2) is 41.4. The molecule has 0 saturated carbocycles. The van der Waals surface area contributed by atoms with Crippen LogP contribution in [-0.4, -0.2) is 60.5 Å². The smallest absolute Gasteiger partial charge is 0.472 e. The van der Waals surface area contributed by atoms with Crippen molar-refractivity contribution < 1.29 is 42.7 Å². The number of aliphatic carboxylic acids is 1. The maximum absolute atomic E-state index is 12.6. The topological polar surface area (TPSA) is 155 Å². The van der Waals surface area contributed by atoms with Gasteiger partial charge in [-0.05, 0) is 51.4 Å². The summed E-state index contributed by atoms with van der Waals surface area (Å²) in [7, 11) is -4.61. The number of phosphoric ester groups is 1. The van der Waals surface area contributed by atoms with Gasteiger partial charge >= 0.3 is 19.8 Å². The Morgan fingerprint density at radius 1 is 0.571 bits per heavy atom. The van der Waals surface area contributed by atoms with Gasteiger partial charge in [0.05, 0.1) is 19.8 Å². The number of rotatable bonds is 43. The zero-order valence-electron chi connectivity index (χ0n) is 35.7. The van der Waals surface area contributed by atoms with E-state index in [1.807, 2.05) is 0 Å². The van der Waals surface area contributed by atoms with Gasteiger partial charge in [0.25, 0.3) is 0 Å². The van der Waals surface area contributed by atoms with Crippen LogP contribution >= 0.6 is 7.82 Å². The van der Waals surface area contributed by atoms with E-state index in [2.05, 4.69) is 50.3 Å². The average Bonchev–Trinajstić information content (AvgIpc) is 3.18. The summed E-state index contributed by atoms with van der Waals surface area (Å²) in [6.07, 6.45) is 46.2. The highest BCUT2D eigenvalue weighted by atomic mass is 31.2. The lowest BCUT2D eigenvalue weighted by molar-refractivity contribution is -0.154. The molecule has 56 heavy (non-hydrogen) atoms. The Morgan fingerprint density at radius 3 is 1.46 bits per heavy atom. The summed E-state index contributed by atoms with van der Waals surface area (Å²) < 4.78 is 33.3. The summed E-state index contributed by atoms with van der Waals surface area (Å²) in [4.78, 5) is 33.5. The number of allylic oxidation sites excluding steroid dienone is 6. The van der Waals surface area contributed by atoms with E-state index < -0.39 is 45.1 Å². The van der Waals surface area contributed by atoms with Crippen LogP contribution in [0.1, 0.15) is 200 Å². The summed E-state index contributed by atoms with van der Waals surface area (Å²) in [5.74, 6) is -1.78. The molecule has 0 saturated heterocycles. The maximum Gasteiger partial charge on any atom is 0.472 e. The van der Waals surface area contributed by atoms with Crippen molar-refractivity contribution >= 4 is 19.8 Å². The lowest BCUT2D eigenvalue weighted by Crippen LogP contribution is -2.34. The van der Waals surface area contributed by atoms with Crippen LogP contribution in [0.5, 0.6) is 0 Å². The molecular weight excluding hydrogens is 729 g/mol. The first-order chi connectivity index (χ1) is 27.2. The predicted molar refractivity (Wildman–Crippen MR) is 231 cm³/mol. The normalized spacial score (nSPS) is 14.2. The average molecular weight is 814 g/mol. The number of unbranched alkanes of at least 4 members (excludes halogenated alkanes) is 23. The van der Waals surface area contributed by atoms with Crippen molar-refractivity contribution in [1.29, 1.82) is 0 Å². The third kappa shape index (κ3) is 40.4. The standard InChI is InChI=1S/C45H84NO9P/c1-3-5-7-9-11-13-15-16-17-18-19-20-21-22-23-24-25-26-27-29-31-33-35-37-44(47)55-42(40-53-56(50,51)54-41-43(46)45(48)49)39-52-38-36-34-32-30-28-14-12-10-8-6-4-2/h15-16,18-19,21-22,42-43H,3-14,17,20,23-41,46H2,1-2H3,(H,48,49)(H,50,51)/b16-15-,19-18-,22-21-. The zero-order valence-corrected chi connectivity index (χ0v) is 36.6. The van der Waals surface area contributed by atoms with Gasteiger partial charge in [0.1, 0.15) is 12.1 Å². The Hall–Kier alpha value is -1.81. The first-order valence-electron chi connectivity index (χ1n) is 22.5. The van der Waals surface area contributed by atoms with Gasteiger partial charge in [-0.3, -0.25) is 18.6 Å². The monoisotopic (exact) mass is 814 g/mol. The van der Waals surface area contributed by atoms with Crippen LogP contribution in [0.4, 0.5) is 0 Å². The van der Waals surface area contributed by atoms with E-state index >= 15 is 0 Å². The molecule has 0 heterocycles. The Balaban J connectivity index is 4.16. The molecule has 0 fully saturated rings. The summed E-state index contributed by atoms with van der Waals surface area (Å²) in [6.45, 7) is 3.87. The number of hydrogen-bond donors (Lipinski definition) is 3. The Bertz CT molecular complexity index is 1040. The lowest BCUT2D eigenvalue weighted by Gasteiger charge is -2.20. The highest BCUT2D eigenvalue weighted by Gasteiger charge is 2.27. The fourth-order valence-corrected chi connectivity index (χ4v) is 6.92. The molecule has 0 bridgehead atoms. The maximum atomic E-state index is 12.6. The second-order valence-electron chi connectivity index (χ2n) is 15.2. The van der Waals surface area contributed by atoms with E-state index in [-0.39, 0.29) is 13.0 Å². The van der Waals surface area contributed by atoms with Crippen molar-refractivity contribution in [1.82, 2.24) is 0 Å². The molecule has 0 rings (SSSR count). The molecule has 0 aromatic rings. The number of carboxylic acids is 1. The van der Waals surface area contributed by atoms with Crippen molar-refractivity contribution in [2.24, 2.45) is 5.73 Å². The third-order valence-electron chi connectivity index (χ3n) is 9.67. The minimum absolute atomic E-state index is 0.0161. The van der Waals surface area contributed by atoms with Crippen LogP contribution in [0.25, 0.3) is 0 Å². The van der Waals surface area contributed by atoms with Crippen LogP contribution in [0.3, 0.4) is 0 Å². The van der Waals surface area contributed by atoms with Gasteiger partial charge in [-0.2, -0.15) is 0 Å². The fraction of sp³-hybridized carbons (Fsp3) is 0.822. The van der Waals surface area contributed by atoms with Crippen molar-refractivity contribution in [2.45, 2.75) is 212 Å². The highest BCUT2D eigenvalue weighted by molar-refractivity contribution is 7.47. The summed E-state index contributed by atoms with van der Waals surface area (Å²) in [6, 6.07) is -1.47. The van der Waals surface area contributed by atoms with Crippen molar-refractivity contribution in [3.8, 4) is 0 Å². The van der Waals surface area contributed by atoms with Gasteiger partial charge in [0, 0.05) is 13.0 Å². The molecule has 0 aromatic carbocycles. The zero-order chi connectivity index (χ0) is 41.2. The molecule has 4 N–H and O–H groups in total. The third-order valence-corrected chi connectivity index (χ3v) is 10.6. The fourth-order valence-electron chi connectivity index (χ4n) is 6.14. The van der Waals surface area contributed by atoms with Crippen LogP contribution in [0.15, 0.2) is 36.5 Å². The minimum Gasteiger partial charge on any atom is -0.480 e. The summed E-state index contributed by atoms with van der Waals surface area (Å²) in [5.41, 5.74) is 5.35. The van der Waals surface area contributed by atoms with Gasteiger partial charge in [0.15, 0.2) is 0 Å². The predicted octanol–water partition coefficient (Wildman–Crippen LogP) is 12.5. The Kier molecular flexibility index (Phi) is 40.0. The van der Waals surface area contributed by atoms with Gasteiger partial charge in [0.2, 0.25) is 0 Å². The molecule has 0 aliphatic heterocycles. The molecular formula is C45H84NO9P. The molecule has 0 aliphatic carbocycles. The van der Waals surface area contributed by atoms with E-state index in [0.29, 0.717) is 13.0 Å². The first-order valence-corrected chi connectivity index (χ1v) is 24.0. The number of carbonyl (C=O) groups excluding carboxylic acids is 1. The molecule has 3 unspecified atom stereocenters. The molecule has 0 spiro atoms. The lowest BCUT2D eigenvalue weighted by atomic mass is 10.1. The van der Waals surface area contributed by atoms with E-state index in [4.69, 9.17) is 29.4 Å². The number of hydrogen-bond acceptors (Lipinski definition) is 8. The number of carboxylic acid groups (broad SMARTS) is 1. The first kappa shape index (κ1) is 54.2. The summed E-state index contributed by atoms with van der Waals surface area (Å²) in [5, 5.41) is 8.89. The van der Waals surface area contributed by atoms with Crippen molar-refractivity contribution in [2.75, 3.05) is 26.4 Å². The number of phosphoric acid groups is 1. The number of esters is 1. The summed E-state index contributed by atoms with van der Waals surface area (Å²) >= 11 is 0. The van der Waals surface area contributed by atoms with Gasteiger partial charge in [-0.1, -0.05) is 179 Å². The molecule has 328 valence electrons. The van der Waals surface area contributed by atoms with E-state index in [1.165, 1.54) is 116 Å². The van der Waals surface area contributed by atoms with Crippen molar-refractivity contribution in [3.05, 3.63) is 36.5 Å². The Morgan fingerprint density at radius 2 is 0.982 bits per heavy atom. The molecule has 0 radical (unpaired) electrons. The molecule has 10 nitrogen and oxygen atoms in total. The van der Waals surface area contributed by atoms with Crippen LogP contribution in [-0.2, 0) is 32.7 Å². The van der Waals surface area contributed by atoms with Crippen LogP contribution in [0, 0.1) is 0 Å². The van der Waals surface area contributed by atoms with Gasteiger partial charge < -0.3 is 25.2 Å². The molecule has 3 atom stereocenters. The quantitative estimate of drug-likeness (QED) is 0.0234. The van der Waals surface area contributed by atoms with Gasteiger partial charge in [-0.25, -0.2) is 4.57 Å². The molecule has 0 aromatic heterocycles. The SMILES string of the molecule is CCCCCCC/C=C\C/C=C\C/C=C\CCCCCCCCCCC(=O)OC(COCCCCCCCCCCCCC)COP(=O)(O)OCC(N)C(=O)O. The Labute approximate surface area is 342 Å².